The molecule has 0 unspecified atom stereocenters. The highest BCUT2D eigenvalue weighted by molar-refractivity contribution is 5.89. The molecule has 2 N–H and O–H groups in total. The third kappa shape index (κ3) is 5.26. The van der Waals surface area contributed by atoms with Crippen LogP contribution in [0.25, 0.3) is 0 Å². The van der Waals surface area contributed by atoms with E-state index in [1.54, 1.807) is 36.7 Å². The van der Waals surface area contributed by atoms with Gasteiger partial charge in [0.25, 0.3) is 0 Å². The molecule has 0 spiro atoms. The molecule has 1 aliphatic rings. The molecule has 2 heterocycles. The summed E-state index contributed by atoms with van der Waals surface area (Å²) in [6.07, 6.45) is 4.66. The molecular formula is C27H28N2O5. The highest BCUT2D eigenvalue weighted by atomic mass is 16.5. The van der Waals surface area contributed by atoms with Crippen molar-refractivity contribution in [2.45, 2.75) is 37.8 Å². The minimum Gasteiger partial charge on any atom is -0.489 e. The summed E-state index contributed by atoms with van der Waals surface area (Å²) >= 11 is 0. The molecule has 1 aromatic heterocycles. The Hall–Kier alpha value is -3.71. The van der Waals surface area contributed by atoms with Crippen molar-refractivity contribution in [3.63, 3.8) is 0 Å². The van der Waals surface area contributed by atoms with Crippen molar-refractivity contribution in [3.8, 4) is 5.75 Å². The van der Waals surface area contributed by atoms with Gasteiger partial charge in [-0.15, -0.1) is 0 Å². The fourth-order valence-corrected chi connectivity index (χ4v) is 4.22. The quantitative estimate of drug-likeness (QED) is 0.521. The molecule has 34 heavy (non-hydrogen) atoms. The maximum atomic E-state index is 13.6. The van der Waals surface area contributed by atoms with Gasteiger partial charge in [0.1, 0.15) is 12.4 Å². The number of pyridine rings is 1. The van der Waals surface area contributed by atoms with Crippen LogP contribution in [0.5, 0.6) is 5.75 Å². The van der Waals surface area contributed by atoms with Crippen molar-refractivity contribution in [1.29, 1.82) is 0 Å². The van der Waals surface area contributed by atoms with Crippen molar-refractivity contribution >= 4 is 11.9 Å². The number of carbonyl (C=O) groups excluding carboxylic acids is 1. The largest absolute Gasteiger partial charge is 0.489 e. The van der Waals surface area contributed by atoms with E-state index >= 15 is 0 Å². The lowest BCUT2D eigenvalue weighted by Crippen LogP contribution is -2.48. The summed E-state index contributed by atoms with van der Waals surface area (Å²) in [5.74, 6) is -0.311. The van der Waals surface area contributed by atoms with Crippen LogP contribution >= 0.6 is 0 Å². The van der Waals surface area contributed by atoms with Crippen LogP contribution in [0.3, 0.4) is 0 Å². The predicted molar refractivity (Wildman–Crippen MR) is 127 cm³/mol. The molecule has 1 saturated heterocycles. The van der Waals surface area contributed by atoms with Crippen LogP contribution in [0.15, 0.2) is 73.1 Å². The lowest BCUT2D eigenvalue weighted by molar-refractivity contribution is -0.131. The van der Waals surface area contributed by atoms with E-state index in [1.807, 2.05) is 43.3 Å². The summed E-state index contributed by atoms with van der Waals surface area (Å²) in [6, 6.07) is 17.8. The van der Waals surface area contributed by atoms with Crippen LogP contribution in [0.1, 0.15) is 52.9 Å². The molecule has 0 aliphatic carbocycles. The van der Waals surface area contributed by atoms with Gasteiger partial charge in [-0.3, -0.25) is 9.78 Å². The zero-order chi connectivity index (χ0) is 24.0. The third-order valence-electron chi connectivity index (χ3n) is 6.32. The fourth-order valence-electron chi connectivity index (χ4n) is 4.22. The number of rotatable bonds is 8. The number of nitrogens with zero attached hydrogens (tertiary/aromatic N) is 1. The topological polar surface area (TPSA) is 97.8 Å². The van der Waals surface area contributed by atoms with Crippen LogP contribution in [0, 0.1) is 0 Å². The Labute approximate surface area is 198 Å². The zero-order valence-electron chi connectivity index (χ0n) is 19.1. The van der Waals surface area contributed by atoms with Crippen LogP contribution in [0.2, 0.25) is 0 Å². The first kappa shape index (κ1) is 23.4. The maximum absolute atomic E-state index is 13.6. The van der Waals surface area contributed by atoms with E-state index in [0.717, 1.165) is 22.4 Å². The molecule has 1 atom stereocenters. The molecule has 4 rings (SSSR count). The normalized spacial score (nSPS) is 15.8. The van der Waals surface area contributed by atoms with E-state index in [9.17, 15) is 9.59 Å². The zero-order valence-corrected chi connectivity index (χ0v) is 19.1. The Morgan fingerprint density at radius 2 is 1.79 bits per heavy atom. The number of aromatic carboxylic acids is 1. The average Bonchev–Trinajstić information content (AvgIpc) is 2.88. The average molecular weight is 461 g/mol. The number of carbonyl (C=O) groups is 2. The van der Waals surface area contributed by atoms with Crippen LogP contribution in [-0.2, 0) is 21.6 Å². The maximum Gasteiger partial charge on any atom is 0.335 e. The highest BCUT2D eigenvalue weighted by Crippen LogP contribution is 2.36. The van der Waals surface area contributed by atoms with Crippen molar-refractivity contribution in [1.82, 2.24) is 10.3 Å². The van der Waals surface area contributed by atoms with E-state index in [0.29, 0.717) is 32.7 Å². The number of carboxylic acid groups (broad SMARTS) is 1. The van der Waals surface area contributed by atoms with E-state index in [1.165, 1.54) is 0 Å². The first-order chi connectivity index (χ1) is 16.5. The molecule has 176 valence electrons. The van der Waals surface area contributed by atoms with Gasteiger partial charge in [-0.2, -0.15) is 0 Å². The van der Waals surface area contributed by atoms with Crippen LogP contribution < -0.4 is 10.1 Å². The van der Waals surface area contributed by atoms with Crippen molar-refractivity contribution < 1.29 is 24.2 Å². The summed E-state index contributed by atoms with van der Waals surface area (Å²) in [5, 5.41) is 12.2. The van der Waals surface area contributed by atoms with Gasteiger partial charge in [0.05, 0.1) is 17.0 Å². The van der Waals surface area contributed by atoms with Gasteiger partial charge in [-0.25, -0.2) is 4.79 Å². The van der Waals surface area contributed by atoms with Gasteiger partial charge in [0.2, 0.25) is 5.91 Å². The summed E-state index contributed by atoms with van der Waals surface area (Å²) in [4.78, 5) is 28.8. The number of nitrogens with one attached hydrogen (secondary N) is 1. The Morgan fingerprint density at radius 3 is 2.41 bits per heavy atom. The number of hydrogen-bond donors (Lipinski definition) is 2. The summed E-state index contributed by atoms with van der Waals surface area (Å²) in [5.41, 5.74) is 2.27. The van der Waals surface area contributed by atoms with Crippen LogP contribution in [-0.4, -0.2) is 35.2 Å². The molecule has 1 aliphatic heterocycles. The molecule has 7 nitrogen and oxygen atoms in total. The van der Waals surface area contributed by atoms with E-state index in [2.05, 4.69) is 10.3 Å². The summed E-state index contributed by atoms with van der Waals surface area (Å²) in [7, 11) is 0. The van der Waals surface area contributed by atoms with Gasteiger partial charge in [0, 0.05) is 31.2 Å². The Bertz CT molecular complexity index is 1110. The number of benzene rings is 2. The minimum atomic E-state index is -0.975. The van der Waals surface area contributed by atoms with E-state index in [-0.39, 0.29) is 17.5 Å². The number of hydrogen-bond acceptors (Lipinski definition) is 5. The van der Waals surface area contributed by atoms with Gasteiger partial charge < -0.3 is 19.9 Å². The van der Waals surface area contributed by atoms with Crippen molar-refractivity contribution in [3.05, 3.63) is 95.3 Å². The minimum absolute atomic E-state index is 0.0605. The number of carboxylic acids is 1. The lowest BCUT2D eigenvalue weighted by Gasteiger charge is -2.37. The highest BCUT2D eigenvalue weighted by Gasteiger charge is 2.42. The van der Waals surface area contributed by atoms with Crippen molar-refractivity contribution in [2.75, 3.05) is 13.2 Å². The molecule has 1 amide bonds. The second kappa shape index (κ2) is 10.5. The first-order valence-electron chi connectivity index (χ1n) is 11.3. The molecular weight excluding hydrogens is 432 g/mol. The van der Waals surface area contributed by atoms with E-state index < -0.39 is 11.4 Å². The fraction of sp³-hybridized carbons (Fsp3) is 0.296. The second-order valence-electron chi connectivity index (χ2n) is 8.49. The Balaban J connectivity index is 1.48. The molecule has 1 fully saturated rings. The lowest BCUT2D eigenvalue weighted by atomic mass is 9.73. The summed E-state index contributed by atoms with van der Waals surface area (Å²) in [6.45, 7) is 3.34. The Morgan fingerprint density at radius 1 is 1.09 bits per heavy atom. The predicted octanol–water partition coefficient (Wildman–Crippen LogP) is 4.28. The SMILES string of the molecule is C[C@H](NC(=O)C1(c2ccc(OCc3cccnc3)cc2)CCOCC1)c1ccc(C(=O)O)cc1. The Kier molecular flexibility index (Phi) is 7.23. The number of amides is 1. The monoisotopic (exact) mass is 460 g/mol. The molecule has 0 radical (unpaired) electrons. The van der Waals surface area contributed by atoms with Crippen LogP contribution in [0.4, 0.5) is 0 Å². The number of ether oxygens (including phenoxy) is 2. The molecule has 3 aromatic rings. The van der Waals surface area contributed by atoms with Crippen molar-refractivity contribution in [2.24, 2.45) is 0 Å². The molecule has 0 bridgehead atoms. The smallest absolute Gasteiger partial charge is 0.335 e. The standard InChI is InChI=1S/C27H28N2O5/c1-19(21-4-6-22(7-5-21)25(30)31)29-26(32)27(12-15-33-16-13-27)23-8-10-24(11-9-23)34-18-20-3-2-14-28-17-20/h2-11,14,17,19H,12-13,15-16,18H2,1H3,(H,29,32)(H,30,31)/t19-/m0/s1. The molecule has 2 aromatic carbocycles. The third-order valence-corrected chi connectivity index (χ3v) is 6.32. The molecule has 0 saturated carbocycles. The van der Waals surface area contributed by atoms with Gasteiger partial charge >= 0.3 is 5.97 Å². The van der Waals surface area contributed by atoms with Gasteiger partial charge in [0.15, 0.2) is 0 Å². The van der Waals surface area contributed by atoms with Gasteiger partial charge in [-0.1, -0.05) is 30.3 Å². The van der Waals surface area contributed by atoms with Gasteiger partial charge in [-0.05, 0) is 61.2 Å². The first-order valence-corrected chi connectivity index (χ1v) is 11.3. The summed E-state index contributed by atoms with van der Waals surface area (Å²) < 4.78 is 11.4. The van der Waals surface area contributed by atoms with E-state index in [4.69, 9.17) is 14.6 Å². The molecule has 7 heteroatoms. The second-order valence-corrected chi connectivity index (χ2v) is 8.49. The number of aromatic nitrogens is 1.